The molecule has 13 heteroatoms. The standard InChI is InChI=1S/C10H19NO7.C2HF3O2/c12-2-4-8(15)9(16)5(10(17)18-4)6-7(14)3(13)1-11-6;3-2(4,5)1(6)7/h3-17H,1-2H2;(H,6,7)/t3-,4+,5+,6+,7-,8+,9+,10?;/m0./s1. The van der Waals surface area contributed by atoms with Crippen LogP contribution in [0.25, 0.3) is 0 Å². The first-order chi connectivity index (χ1) is 11.4. The molecule has 2 heterocycles. The summed E-state index contributed by atoms with van der Waals surface area (Å²) in [7, 11) is 0. The van der Waals surface area contributed by atoms with Gasteiger partial charge in [0.1, 0.15) is 43.0 Å². The molecule has 10 nitrogen and oxygen atoms in total. The smallest absolute Gasteiger partial charge is 0.430 e. The van der Waals surface area contributed by atoms with Crippen molar-refractivity contribution in [1.82, 2.24) is 0 Å². The number of hydrogen-bond donors (Lipinski definition) is 7. The van der Waals surface area contributed by atoms with Crippen LogP contribution in [0.15, 0.2) is 0 Å². The van der Waals surface area contributed by atoms with E-state index in [1.54, 1.807) is 5.32 Å². The van der Waals surface area contributed by atoms with E-state index in [1.165, 1.54) is 0 Å². The topological polar surface area (TPSA) is 187 Å². The molecular weight excluding hydrogens is 359 g/mol. The Labute approximate surface area is 139 Å². The maximum absolute atomic E-state index is 10.5. The molecule has 0 aromatic rings. The van der Waals surface area contributed by atoms with Gasteiger partial charge in [0.25, 0.3) is 0 Å². The predicted octanol–water partition coefficient (Wildman–Crippen LogP) is -6.00. The maximum atomic E-state index is 10.5. The molecule has 2 aliphatic heterocycles. The summed E-state index contributed by atoms with van der Waals surface area (Å²) in [4.78, 5) is 8.78. The molecule has 2 rings (SSSR count). The number of halogens is 3. The number of aliphatic hydroxyl groups is 6. The summed E-state index contributed by atoms with van der Waals surface area (Å²) in [6.07, 6.45) is -12.4. The van der Waals surface area contributed by atoms with Crippen LogP contribution in [-0.2, 0) is 9.53 Å². The second-order valence-corrected chi connectivity index (χ2v) is 5.70. The Kier molecular flexibility index (Phi) is 7.52. The second kappa shape index (κ2) is 8.55. The van der Waals surface area contributed by atoms with Crippen molar-refractivity contribution in [2.45, 2.75) is 49.0 Å². The number of nitrogens with two attached hydrogens (primary N) is 1. The fourth-order valence-corrected chi connectivity index (χ4v) is 2.75. The molecule has 0 aromatic heterocycles. The first-order valence-electron chi connectivity index (χ1n) is 7.20. The number of aliphatic carboxylic acids is 1. The lowest BCUT2D eigenvalue weighted by Gasteiger charge is -2.41. The third kappa shape index (κ3) is 5.21. The van der Waals surface area contributed by atoms with Gasteiger partial charge in [-0.15, -0.1) is 0 Å². The largest absolute Gasteiger partial charge is 0.542 e. The van der Waals surface area contributed by atoms with Crippen molar-refractivity contribution < 1.29 is 63.8 Å². The van der Waals surface area contributed by atoms with Crippen molar-refractivity contribution in [2.24, 2.45) is 5.92 Å². The van der Waals surface area contributed by atoms with Crippen LogP contribution in [-0.4, -0.2) is 98.8 Å². The summed E-state index contributed by atoms with van der Waals surface area (Å²) in [6.45, 7) is -0.275. The van der Waals surface area contributed by atoms with E-state index in [0.717, 1.165) is 0 Å². The monoisotopic (exact) mass is 379 g/mol. The molecule has 2 fully saturated rings. The average Bonchev–Trinajstić information content (AvgIpc) is 2.83. The molecule has 2 saturated heterocycles. The molecule has 148 valence electrons. The quantitative estimate of drug-likeness (QED) is 0.245. The number of carbonyl (C=O) groups is 1. The zero-order valence-electron chi connectivity index (χ0n) is 12.7. The van der Waals surface area contributed by atoms with Gasteiger partial charge in [0.15, 0.2) is 6.29 Å². The van der Waals surface area contributed by atoms with Gasteiger partial charge in [-0.2, -0.15) is 13.2 Å². The minimum absolute atomic E-state index is 0.251. The summed E-state index contributed by atoms with van der Waals surface area (Å²) < 4.78 is 36.6. The van der Waals surface area contributed by atoms with Gasteiger partial charge in [0.2, 0.25) is 0 Å². The van der Waals surface area contributed by atoms with Crippen LogP contribution in [0.4, 0.5) is 13.2 Å². The summed E-state index contributed by atoms with van der Waals surface area (Å²) >= 11 is 0. The van der Waals surface area contributed by atoms with Crippen molar-refractivity contribution in [1.29, 1.82) is 0 Å². The Bertz CT molecular complexity index is 452. The summed E-state index contributed by atoms with van der Waals surface area (Å²) in [5, 5.41) is 68.0. The summed E-state index contributed by atoms with van der Waals surface area (Å²) in [6, 6.07) is -0.667. The van der Waals surface area contributed by atoms with Crippen molar-refractivity contribution >= 4 is 5.97 Å². The van der Waals surface area contributed by atoms with E-state index in [0.29, 0.717) is 0 Å². The number of carbonyl (C=O) groups excluding carboxylic acids is 1. The molecule has 0 amide bonds. The molecular formula is C12H20F3NO9. The number of carboxylic acid groups (broad SMARTS) is 1. The normalized spacial score (nSPS) is 41.8. The third-order valence-corrected chi connectivity index (χ3v) is 4.06. The van der Waals surface area contributed by atoms with Crippen LogP contribution >= 0.6 is 0 Å². The molecule has 1 unspecified atom stereocenters. The van der Waals surface area contributed by atoms with E-state index in [9.17, 15) is 38.7 Å². The lowest BCUT2D eigenvalue weighted by molar-refractivity contribution is -0.687. The van der Waals surface area contributed by atoms with E-state index in [-0.39, 0.29) is 6.54 Å². The van der Waals surface area contributed by atoms with Crippen LogP contribution in [0.1, 0.15) is 0 Å². The Balaban J connectivity index is 0.000000381. The molecule has 0 spiro atoms. The lowest BCUT2D eigenvalue weighted by atomic mass is 9.83. The van der Waals surface area contributed by atoms with Crippen molar-refractivity contribution in [3.8, 4) is 0 Å². The Morgan fingerprint density at radius 2 is 1.64 bits per heavy atom. The molecule has 25 heavy (non-hydrogen) atoms. The molecule has 8 N–H and O–H groups in total. The zero-order chi connectivity index (χ0) is 19.5. The minimum atomic E-state index is -5.19. The number of hydrogen-bond acceptors (Lipinski definition) is 9. The number of aliphatic hydroxyl groups excluding tert-OH is 6. The Morgan fingerprint density at radius 1 is 1.12 bits per heavy atom. The molecule has 0 bridgehead atoms. The van der Waals surface area contributed by atoms with Crippen molar-refractivity contribution in [3.63, 3.8) is 0 Å². The number of rotatable bonds is 2. The number of ether oxygens (including phenoxy) is 1. The highest BCUT2D eigenvalue weighted by atomic mass is 19.4. The van der Waals surface area contributed by atoms with Crippen LogP contribution in [0.3, 0.4) is 0 Å². The van der Waals surface area contributed by atoms with E-state index in [4.69, 9.17) is 19.7 Å². The first kappa shape index (κ1) is 22.0. The summed E-state index contributed by atoms with van der Waals surface area (Å²) in [5.74, 6) is -3.94. The van der Waals surface area contributed by atoms with Crippen molar-refractivity contribution in [2.75, 3.05) is 13.2 Å². The van der Waals surface area contributed by atoms with E-state index in [2.05, 4.69) is 0 Å². The first-order valence-corrected chi connectivity index (χ1v) is 7.20. The lowest BCUT2D eigenvalue weighted by Crippen LogP contribution is -2.91. The molecule has 0 saturated carbocycles. The van der Waals surface area contributed by atoms with Gasteiger partial charge < -0.3 is 50.6 Å². The number of alkyl halides is 3. The zero-order valence-corrected chi connectivity index (χ0v) is 12.7. The molecule has 0 radical (unpaired) electrons. The fourth-order valence-electron chi connectivity index (χ4n) is 2.75. The highest BCUT2D eigenvalue weighted by molar-refractivity contribution is 5.70. The van der Waals surface area contributed by atoms with E-state index in [1.807, 2.05) is 0 Å². The Hall–Kier alpha value is -1.06. The van der Waals surface area contributed by atoms with Gasteiger partial charge in [-0.25, -0.2) is 0 Å². The van der Waals surface area contributed by atoms with Crippen molar-refractivity contribution in [3.05, 3.63) is 0 Å². The van der Waals surface area contributed by atoms with Gasteiger partial charge in [-0.05, 0) is 0 Å². The molecule has 0 aliphatic carbocycles. The number of carboxylic acids is 1. The third-order valence-electron chi connectivity index (χ3n) is 4.06. The van der Waals surface area contributed by atoms with Crippen LogP contribution in [0.2, 0.25) is 0 Å². The van der Waals surface area contributed by atoms with Crippen LogP contribution in [0, 0.1) is 5.92 Å². The fraction of sp³-hybridized carbons (Fsp3) is 0.917. The van der Waals surface area contributed by atoms with E-state index < -0.39 is 67.5 Å². The number of quaternary nitrogens is 1. The van der Waals surface area contributed by atoms with Gasteiger partial charge in [-0.3, -0.25) is 0 Å². The highest BCUT2D eigenvalue weighted by Gasteiger charge is 2.53. The Morgan fingerprint density at radius 3 is 2.00 bits per heavy atom. The second-order valence-electron chi connectivity index (χ2n) is 5.70. The minimum Gasteiger partial charge on any atom is -0.542 e. The summed E-state index contributed by atoms with van der Waals surface area (Å²) in [5.41, 5.74) is 0. The molecule has 0 aromatic carbocycles. The van der Waals surface area contributed by atoms with Crippen LogP contribution in [0.5, 0.6) is 0 Å². The van der Waals surface area contributed by atoms with Gasteiger partial charge >= 0.3 is 6.18 Å². The van der Waals surface area contributed by atoms with Crippen LogP contribution < -0.4 is 10.4 Å². The average molecular weight is 379 g/mol. The van der Waals surface area contributed by atoms with Gasteiger partial charge in [0, 0.05) is 0 Å². The molecule has 2 aliphatic rings. The SMILES string of the molecule is O=C([O-])C(F)(F)F.OC[C@H]1OC(O)[C@H]([C@H]2[NH2+]C[C@H](O)[C@@H]2O)[C@@H](O)[C@@H]1O. The van der Waals surface area contributed by atoms with E-state index >= 15 is 0 Å². The maximum Gasteiger partial charge on any atom is 0.430 e. The van der Waals surface area contributed by atoms with Gasteiger partial charge in [-0.1, -0.05) is 0 Å². The predicted molar refractivity (Wildman–Crippen MR) is 67.1 cm³/mol. The molecule has 8 atom stereocenters. The van der Waals surface area contributed by atoms with Gasteiger partial charge in [0.05, 0.1) is 18.6 Å². The highest BCUT2D eigenvalue weighted by Crippen LogP contribution is 2.29.